The van der Waals surface area contributed by atoms with Crippen LogP contribution in [-0.2, 0) is 14.8 Å². The minimum atomic E-state index is -3.26. The molecule has 0 saturated carbocycles. The van der Waals surface area contributed by atoms with Gasteiger partial charge >= 0.3 is 0 Å². The molecule has 2 amide bonds. The van der Waals surface area contributed by atoms with E-state index in [9.17, 15) is 18.0 Å². The van der Waals surface area contributed by atoms with Gasteiger partial charge in [-0.2, -0.15) is 4.31 Å². The first-order valence-corrected chi connectivity index (χ1v) is 12.6. The van der Waals surface area contributed by atoms with E-state index in [4.69, 9.17) is 5.73 Å². The lowest BCUT2D eigenvalue weighted by Gasteiger charge is -2.23. The number of sulfonamides is 1. The number of hydrogen-bond acceptors (Lipinski definition) is 4. The molecule has 3 aromatic rings. The van der Waals surface area contributed by atoms with Gasteiger partial charge in [-0.05, 0) is 59.9 Å². The number of aromatic nitrogens is 1. The number of benzene rings is 2. The monoisotopic (exact) mass is 478 g/mol. The molecule has 0 aliphatic carbocycles. The lowest BCUT2D eigenvalue weighted by atomic mass is 9.94. The van der Waals surface area contributed by atoms with Gasteiger partial charge in [-0.1, -0.05) is 30.9 Å². The van der Waals surface area contributed by atoms with Crippen molar-refractivity contribution in [2.75, 3.05) is 24.7 Å². The zero-order valence-corrected chi connectivity index (χ0v) is 19.8. The van der Waals surface area contributed by atoms with Crippen LogP contribution in [0.4, 0.5) is 5.69 Å². The Morgan fingerprint density at radius 3 is 2.59 bits per heavy atom. The summed E-state index contributed by atoms with van der Waals surface area (Å²) >= 11 is 0. The minimum absolute atomic E-state index is 0.295. The lowest BCUT2D eigenvalue weighted by Crippen LogP contribution is -2.33. The van der Waals surface area contributed by atoms with Crippen LogP contribution in [0, 0.1) is 6.92 Å². The van der Waals surface area contributed by atoms with Gasteiger partial charge < -0.3 is 16.0 Å². The Morgan fingerprint density at radius 1 is 1.21 bits per heavy atom. The summed E-state index contributed by atoms with van der Waals surface area (Å²) in [5.74, 6) is -0.847. The van der Waals surface area contributed by atoms with Crippen LogP contribution in [0.25, 0.3) is 27.6 Å². The van der Waals surface area contributed by atoms with Crippen LogP contribution in [0.3, 0.4) is 0 Å². The van der Waals surface area contributed by atoms with Crippen LogP contribution >= 0.6 is 0 Å². The van der Waals surface area contributed by atoms with Crippen LogP contribution in [0.15, 0.2) is 55.1 Å². The van der Waals surface area contributed by atoms with E-state index in [2.05, 4.69) is 16.9 Å². The largest absolute Gasteiger partial charge is 0.366 e. The molecule has 0 spiro atoms. The van der Waals surface area contributed by atoms with Gasteiger partial charge in [0.1, 0.15) is 0 Å². The Balaban J connectivity index is 1.84. The highest BCUT2D eigenvalue weighted by atomic mass is 32.2. The second-order valence-electron chi connectivity index (χ2n) is 8.27. The molecule has 1 aromatic heterocycles. The molecule has 8 nitrogen and oxygen atoms in total. The fourth-order valence-corrected chi connectivity index (χ4v) is 5.04. The highest BCUT2D eigenvalue weighted by Gasteiger charge is 2.22. The van der Waals surface area contributed by atoms with Gasteiger partial charge in [-0.25, -0.2) is 8.42 Å². The summed E-state index contributed by atoms with van der Waals surface area (Å²) in [5.41, 5.74) is 11.7. The number of H-pyrrole nitrogens is 1. The molecule has 2 heterocycles. The predicted molar refractivity (Wildman–Crippen MR) is 135 cm³/mol. The predicted octanol–water partition coefficient (Wildman–Crippen LogP) is 3.42. The van der Waals surface area contributed by atoms with E-state index < -0.39 is 15.9 Å². The molecule has 176 valence electrons. The molecular weight excluding hydrogens is 452 g/mol. The summed E-state index contributed by atoms with van der Waals surface area (Å²) in [6.07, 6.45) is 4.85. The van der Waals surface area contributed by atoms with Crippen molar-refractivity contribution in [1.29, 1.82) is 0 Å². The number of carbonyl (C=O) groups excluding carboxylic acids is 2. The standard InChI is InChI=1S/C25H26N4O4S/c1-4-23(30)27-21-7-5-6-17(15(21)2)18-8-9-19(25(26)31)24-20(18)14-22(28-24)16-10-12-29(13-11-16)34(3,32)33/h4-10,14,28H,1,11-13H2,2-3H3,(H2,26,31)(H,27,30). The summed E-state index contributed by atoms with van der Waals surface area (Å²) in [6.45, 7) is 6.10. The van der Waals surface area contributed by atoms with Crippen LogP contribution in [-0.4, -0.2) is 48.9 Å². The molecule has 34 heavy (non-hydrogen) atoms. The zero-order chi connectivity index (χ0) is 24.6. The number of fused-ring (bicyclic) bond motifs is 1. The number of nitrogens with zero attached hydrogens (tertiary/aromatic N) is 1. The number of nitrogens with two attached hydrogens (primary N) is 1. The summed E-state index contributed by atoms with van der Waals surface area (Å²) in [6, 6.07) is 11.1. The van der Waals surface area contributed by atoms with E-state index in [1.165, 1.54) is 16.6 Å². The third-order valence-corrected chi connectivity index (χ3v) is 7.38. The van der Waals surface area contributed by atoms with Crippen molar-refractivity contribution >= 4 is 44.0 Å². The summed E-state index contributed by atoms with van der Waals surface area (Å²) < 4.78 is 25.1. The molecule has 0 radical (unpaired) electrons. The van der Waals surface area contributed by atoms with Gasteiger partial charge in [0.2, 0.25) is 15.9 Å². The molecule has 2 aromatic carbocycles. The lowest BCUT2D eigenvalue weighted by molar-refractivity contribution is -0.111. The Bertz CT molecular complexity index is 1470. The zero-order valence-electron chi connectivity index (χ0n) is 19.0. The van der Waals surface area contributed by atoms with E-state index in [1.54, 1.807) is 6.07 Å². The van der Waals surface area contributed by atoms with E-state index in [-0.39, 0.29) is 5.91 Å². The molecule has 0 bridgehead atoms. The normalized spacial score (nSPS) is 14.6. The number of nitrogens with one attached hydrogen (secondary N) is 2. The molecular formula is C25H26N4O4S. The summed E-state index contributed by atoms with van der Waals surface area (Å²) in [7, 11) is -3.26. The molecule has 0 saturated heterocycles. The summed E-state index contributed by atoms with van der Waals surface area (Å²) in [4.78, 5) is 27.3. The first-order valence-electron chi connectivity index (χ1n) is 10.7. The number of carbonyl (C=O) groups is 2. The number of primary amides is 1. The number of anilines is 1. The van der Waals surface area contributed by atoms with E-state index >= 15 is 0 Å². The minimum Gasteiger partial charge on any atom is -0.366 e. The first kappa shape index (κ1) is 23.5. The first-order chi connectivity index (χ1) is 16.1. The van der Waals surface area contributed by atoms with Crippen molar-refractivity contribution < 1.29 is 18.0 Å². The Hall–Kier alpha value is -3.69. The highest BCUT2D eigenvalue weighted by Crippen LogP contribution is 2.37. The second kappa shape index (κ2) is 8.92. The van der Waals surface area contributed by atoms with Gasteiger partial charge in [0.05, 0.1) is 17.3 Å². The van der Waals surface area contributed by atoms with Gasteiger partial charge in [0.25, 0.3) is 5.91 Å². The molecule has 0 fully saturated rings. The Kier molecular flexibility index (Phi) is 6.16. The maximum atomic E-state index is 12.1. The maximum Gasteiger partial charge on any atom is 0.250 e. The molecule has 9 heteroatoms. The number of rotatable bonds is 6. The highest BCUT2D eigenvalue weighted by molar-refractivity contribution is 7.88. The molecule has 1 aliphatic heterocycles. The third-order valence-electron chi connectivity index (χ3n) is 6.11. The number of hydrogen-bond donors (Lipinski definition) is 3. The third kappa shape index (κ3) is 4.40. The van der Waals surface area contributed by atoms with Crippen LogP contribution in [0.2, 0.25) is 0 Å². The fraction of sp³-hybridized carbons (Fsp3) is 0.200. The van der Waals surface area contributed by atoms with Crippen LogP contribution in [0.5, 0.6) is 0 Å². The van der Waals surface area contributed by atoms with Crippen molar-refractivity contribution in [2.45, 2.75) is 13.3 Å². The molecule has 0 unspecified atom stereocenters. The molecule has 4 N–H and O–H groups in total. The van der Waals surface area contributed by atoms with Crippen molar-refractivity contribution in [1.82, 2.24) is 9.29 Å². The van der Waals surface area contributed by atoms with Crippen molar-refractivity contribution in [3.05, 3.63) is 72.0 Å². The van der Waals surface area contributed by atoms with Crippen LogP contribution < -0.4 is 11.1 Å². The van der Waals surface area contributed by atoms with E-state index in [0.29, 0.717) is 36.3 Å². The molecule has 4 rings (SSSR count). The second-order valence-corrected chi connectivity index (χ2v) is 10.3. The average Bonchev–Trinajstić information content (AvgIpc) is 3.24. The van der Waals surface area contributed by atoms with E-state index in [0.717, 1.165) is 33.3 Å². The molecule has 1 aliphatic rings. The Morgan fingerprint density at radius 2 is 1.97 bits per heavy atom. The van der Waals surface area contributed by atoms with Crippen molar-refractivity contribution in [2.24, 2.45) is 5.73 Å². The van der Waals surface area contributed by atoms with Gasteiger partial charge in [-0.3, -0.25) is 9.59 Å². The smallest absolute Gasteiger partial charge is 0.250 e. The van der Waals surface area contributed by atoms with Gasteiger partial charge in [-0.15, -0.1) is 0 Å². The average molecular weight is 479 g/mol. The van der Waals surface area contributed by atoms with Crippen LogP contribution in [0.1, 0.15) is 28.0 Å². The Labute approximate surface area is 198 Å². The number of amides is 2. The number of aromatic amines is 1. The van der Waals surface area contributed by atoms with Gasteiger partial charge in [0.15, 0.2) is 0 Å². The van der Waals surface area contributed by atoms with Gasteiger partial charge in [0, 0.05) is 29.9 Å². The SMILES string of the molecule is C=CC(=O)Nc1cccc(-c2ccc(C(N)=O)c3[nH]c(C4=CCN(S(C)(=O)=O)CC4)cc23)c1C. The fourth-order valence-electron chi connectivity index (χ4n) is 4.28. The van der Waals surface area contributed by atoms with Crippen molar-refractivity contribution in [3.63, 3.8) is 0 Å². The van der Waals surface area contributed by atoms with E-state index in [1.807, 2.05) is 43.3 Å². The van der Waals surface area contributed by atoms with Crippen molar-refractivity contribution in [3.8, 4) is 11.1 Å². The maximum absolute atomic E-state index is 12.1. The molecule has 0 atom stereocenters. The summed E-state index contributed by atoms with van der Waals surface area (Å²) in [5, 5.41) is 3.63. The quantitative estimate of drug-likeness (QED) is 0.469. The topological polar surface area (TPSA) is 125 Å².